The highest BCUT2D eigenvalue weighted by atomic mass is 16.7. The number of likely N-dealkylation sites (N-methyl/N-ethyl adjacent to an activating group) is 1. The van der Waals surface area contributed by atoms with Gasteiger partial charge in [0.15, 0.2) is 12.4 Å². The van der Waals surface area contributed by atoms with Gasteiger partial charge in [0.2, 0.25) is 0 Å². The van der Waals surface area contributed by atoms with E-state index in [4.69, 9.17) is 18.9 Å². The predicted molar refractivity (Wildman–Crippen MR) is 361 cm³/mol. The lowest BCUT2D eigenvalue weighted by molar-refractivity contribution is -0.870. The fourth-order valence-electron chi connectivity index (χ4n) is 9.22. The summed E-state index contributed by atoms with van der Waals surface area (Å²) >= 11 is 0. The minimum absolute atomic E-state index is 0.141. The second-order valence-corrected chi connectivity index (χ2v) is 23.7. The molecule has 0 bridgehead atoms. The van der Waals surface area contributed by atoms with Crippen molar-refractivity contribution in [3.8, 4) is 0 Å². The summed E-state index contributed by atoms with van der Waals surface area (Å²) in [5, 5.41) is 11.8. The van der Waals surface area contributed by atoms with Crippen LogP contribution in [-0.2, 0) is 33.3 Å². The molecule has 484 valence electrons. The molecule has 0 aromatic heterocycles. The summed E-state index contributed by atoms with van der Waals surface area (Å²) in [7, 11) is 5.92. The number of carbonyl (C=O) groups excluding carboxylic acids is 3. The lowest BCUT2D eigenvalue weighted by Gasteiger charge is -2.26. The second kappa shape index (κ2) is 65.4. The number of nitrogens with zero attached hydrogens (tertiary/aromatic N) is 1. The van der Waals surface area contributed by atoms with Crippen molar-refractivity contribution in [1.29, 1.82) is 0 Å². The van der Waals surface area contributed by atoms with Gasteiger partial charge in [-0.3, -0.25) is 9.59 Å². The average Bonchev–Trinajstić information content (AvgIpc) is 3.49. The molecule has 9 nitrogen and oxygen atoms in total. The Kier molecular flexibility index (Phi) is 61.9. The zero-order valence-corrected chi connectivity index (χ0v) is 55.2. The largest absolute Gasteiger partial charge is 0.545 e. The zero-order valence-electron chi connectivity index (χ0n) is 55.2. The van der Waals surface area contributed by atoms with Crippen LogP contribution < -0.4 is 5.11 Å². The number of quaternary nitrogens is 1. The van der Waals surface area contributed by atoms with Crippen LogP contribution in [-0.4, -0.2) is 82.3 Å². The second-order valence-electron chi connectivity index (χ2n) is 23.7. The van der Waals surface area contributed by atoms with Crippen molar-refractivity contribution in [3.05, 3.63) is 134 Å². The molecule has 0 aliphatic rings. The number of hydrogen-bond donors (Lipinski definition) is 0. The molecule has 0 saturated heterocycles. The van der Waals surface area contributed by atoms with E-state index in [0.29, 0.717) is 17.4 Å². The van der Waals surface area contributed by atoms with Crippen LogP contribution in [0.5, 0.6) is 0 Å². The molecule has 0 saturated carbocycles. The normalized spacial score (nSPS) is 13.6. The number of carboxylic acid groups (broad SMARTS) is 1. The van der Waals surface area contributed by atoms with Crippen molar-refractivity contribution in [2.75, 3.05) is 47.5 Å². The van der Waals surface area contributed by atoms with Crippen LogP contribution in [0, 0.1) is 0 Å². The summed E-state index contributed by atoms with van der Waals surface area (Å²) in [5.74, 6) is -2.29. The van der Waals surface area contributed by atoms with Gasteiger partial charge in [0.1, 0.15) is 13.2 Å². The molecule has 9 heteroatoms. The number of aliphatic carboxylic acids is 1. The molecule has 0 aliphatic heterocycles. The fourth-order valence-corrected chi connectivity index (χ4v) is 9.22. The molecule has 0 heterocycles. The Morgan fingerprint density at radius 1 is 0.353 bits per heavy atom. The number of unbranched alkanes of at least 4 members (excludes halogenated alkanes) is 25. The molecule has 0 aromatic rings. The van der Waals surface area contributed by atoms with Crippen LogP contribution in [0.3, 0.4) is 0 Å². The average molecular weight is 1180 g/mol. The van der Waals surface area contributed by atoms with E-state index in [1.807, 2.05) is 21.1 Å². The summed E-state index contributed by atoms with van der Waals surface area (Å²) in [6.45, 7) is 4.52. The van der Waals surface area contributed by atoms with Gasteiger partial charge >= 0.3 is 11.9 Å². The molecule has 0 rings (SSSR count). The Hall–Kier alpha value is -4.57. The van der Waals surface area contributed by atoms with Gasteiger partial charge in [-0.15, -0.1) is 0 Å². The van der Waals surface area contributed by atoms with Crippen LogP contribution in [0.4, 0.5) is 0 Å². The van der Waals surface area contributed by atoms with Gasteiger partial charge in [0.05, 0.1) is 40.3 Å². The lowest BCUT2D eigenvalue weighted by atomic mass is 10.0. The van der Waals surface area contributed by atoms with Crippen LogP contribution in [0.2, 0.25) is 0 Å². The van der Waals surface area contributed by atoms with E-state index >= 15 is 0 Å². The molecule has 0 aliphatic carbocycles. The Morgan fingerprint density at radius 3 is 0.941 bits per heavy atom. The smallest absolute Gasteiger partial charge is 0.306 e. The number of ether oxygens (including phenoxy) is 4. The number of hydrogen-bond acceptors (Lipinski definition) is 8. The maximum absolute atomic E-state index is 12.9. The standard InChI is InChI=1S/C76H127NO8/c1-6-8-10-12-14-16-18-20-22-24-26-28-30-32-34-36-37-39-41-43-45-47-49-51-53-55-57-59-61-63-65-67-74(79)85-72(71-84-76(75(80)81)82-69-68-77(3,4)5)70-83-73(78)66-64-62-60-58-56-54-52-50-48-46-44-42-40-38-35-33-31-29-27-25-23-21-19-17-15-13-11-9-7-2/h8-11,14-17,20-23,26-29,32,34,37,39,43,45,72,76H,6-7,12-13,18-19,24-25,30-31,33,35-36,38,40-42,44,46-71H2,1-5H3/b10-8-,11-9-,16-14-,17-15-,22-20-,23-21-,28-26-,29-27-,34-32-,39-37-,45-43-. The molecule has 85 heavy (non-hydrogen) atoms. The van der Waals surface area contributed by atoms with Gasteiger partial charge in [-0.25, -0.2) is 0 Å². The van der Waals surface area contributed by atoms with E-state index in [9.17, 15) is 19.5 Å². The van der Waals surface area contributed by atoms with E-state index in [-0.39, 0.29) is 38.6 Å². The molecular formula is C76H127NO8. The molecule has 2 unspecified atom stereocenters. The van der Waals surface area contributed by atoms with Gasteiger partial charge in [0.25, 0.3) is 0 Å². The number of rotatable bonds is 62. The minimum Gasteiger partial charge on any atom is -0.545 e. The summed E-state index contributed by atoms with van der Waals surface area (Å²) in [5.41, 5.74) is 0. The predicted octanol–water partition coefficient (Wildman–Crippen LogP) is 20.0. The van der Waals surface area contributed by atoms with Crippen molar-refractivity contribution >= 4 is 17.9 Å². The monoisotopic (exact) mass is 1180 g/mol. The summed E-state index contributed by atoms with van der Waals surface area (Å²) in [4.78, 5) is 37.5. The third-order valence-electron chi connectivity index (χ3n) is 14.4. The SMILES string of the molecule is CC/C=C\C/C=C\C/C=C\C/C=C\C/C=C\C/C=C\C/C=C\CCCCCCCCCCCC(=O)OC(COC(=O)CCCCCCCCCCCCCCCCCC/C=C\C/C=C\C/C=C\C/C=C\CC)COC(OCC[N+](C)(C)C)C(=O)[O-]. The first-order chi connectivity index (χ1) is 41.6. The third kappa shape index (κ3) is 66.8. The molecule has 0 spiro atoms. The molecule has 0 amide bonds. The molecule has 0 fully saturated rings. The third-order valence-corrected chi connectivity index (χ3v) is 14.4. The van der Waals surface area contributed by atoms with Crippen molar-refractivity contribution in [2.45, 2.75) is 283 Å². The van der Waals surface area contributed by atoms with Gasteiger partial charge in [0, 0.05) is 12.8 Å². The summed E-state index contributed by atoms with van der Waals surface area (Å²) < 4.78 is 22.8. The van der Waals surface area contributed by atoms with Crippen LogP contribution in [0.25, 0.3) is 0 Å². The molecule has 0 N–H and O–H groups in total. The number of allylic oxidation sites excluding steroid dienone is 22. The number of esters is 2. The van der Waals surface area contributed by atoms with E-state index < -0.39 is 24.3 Å². The Morgan fingerprint density at radius 2 is 0.635 bits per heavy atom. The molecule has 0 aromatic carbocycles. The maximum atomic E-state index is 12.9. The van der Waals surface area contributed by atoms with Crippen molar-refractivity contribution in [2.24, 2.45) is 0 Å². The zero-order chi connectivity index (χ0) is 61.9. The first kappa shape index (κ1) is 80.4. The van der Waals surface area contributed by atoms with E-state index in [0.717, 1.165) is 116 Å². The fraction of sp³-hybridized carbons (Fsp3) is 0.671. The van der Waals surface area contributed by atoms with Gasteiger partial charge in [-0.2, -0.15) is 0 Å². The Labute approximate surface area is 522 Å². The highest BCUT2D eigenvalue weighted by Gasteiger charge is 2.22. The Bertz CT molecular complexity index is 1860. The van der Waals surface area contributed by atoms with Crippen molar-refractivity contribution < 1.29 is 42.9 Å². The highest BCUT2D eigenvalue weighted by Crippen LogP contribution is 2.17. The molecule has 2 atom stereocenters. The van der Waals surface area contributed by atoms with Crippen LogP contribution in [0.15, 0.2) is 134 Å². The highest BCUT2D eigenvalue weighted by molar-refractivity contribution is 5.70. The van der Waals surface area contributed by atoms with Gasteiger partial charge in [-0.1, -0.05) is 282 Å². The first-order valence-electron chi connectivity index (χ1n) is 34.3. The Balaban J connectivity index is 4.17. The van der Waals surface area contributed by atoms with E-state index in [1.165, 1.54) is 122 Å². The van der Waals surface area contributed by atoms with Crippen LogP contribution in [0.1, 0.15) is 271 Å². The summed E-state index contributed by atoms with van der Waals surface area (Å²) in [6, 6.07) is 0. The topological polar surface area (TPSA) is 111 Å². The lowest BCUT2D eigenvalue weighted by Crippen LogP contribution is -2.44. The van der Waals surface area contributed by atoms with E-state index in [1.54, 1.807) is 0 Å². The molecule has 0 radical (unpaired) electrons. The quantitative estimate of drug-likeness (QED) is 0.0195. The van der Waals surface area contributed by atoms with Crippen LogP contribution >= 0.6 is 0 Å². The maximum Gasteiger partial charge on any atom is 0.306 e. The summed E-state index contributed by atoms with van der Waals surface area (Å²) in [6.07, 6.45) is 90.9. The minimum atomic E-state index is -1.63. The molecular weight excluding hydrogens is 1050 g/mol. The van der Waals surface area contributed by atoms with Crippen molar-refractivity contribution in [3.63, 3.8) is 0 Å². The first-order valence-corrected chi connectivity index (χ1v) is 34.3. The van der Waals surface area contributed by atoms with E-state index in [2.05, 4.69) is 148 Å². The number of carbonyl (C=O) groups is 3. The number of carboxylic acids is 1. The van der Waals surface area contributed by atoms with Gasteiger partial charge < -0.3 is 33.3 Å². The van der Waals surface area contributed by atoms with Gasteiger partial charge in [-0.05, 0) is 109 Å². The van der Waals surface area contributed by atoms with Crippen molar-refractivity contribution in [1.82, 2.24) is 0 Å².